The van der Waals surface area contributed by atoms with Gasteiger partial charge in [0.25, 0.3) is 0 Å². The fourth-order valence-electron chi connectivity index (χ4n) is 1.14. The normalized spacial score (nSPS) is 9.86. The lowest BCUT2D eigenvalue weighted by atomic mass is 10.2. The second-order valence-corrected chi connectivity index (χ2v) is 3.08. The van der Waals surface area contributed by atoms with Crippen LogP contribution in [0.2, 0.25) is 0 Å². The lowest BCUT2D eigenvalue weighted by Gasteiger charge is -2.07. The van der Waals surface area contributed by atoms with Crippen LogP contribution in [0.3, 0.4) is 0 Å². The van der Waals surface area contributed by atoms with E-state index in [9.17, 15) is 4.79 Å². The van der Waals surface area contributed by atoms with Crippen LogP contribution in [0, 0.1) is 6.92 Å². The van der Waals surface area contributed by atoms with E-state index in [1.807, 2.05) is 6.92 Å². The molecule has 0 unspecified atom stereocenters. The highest BCUT2D eigenvalue weighted by atomic mass is 16.3. The highest BCUT2D eigenvalue weighted by Gasteiger charge is 2.03. The number of aryl methyl sites for hydroxylation is 1. The van der Waals surface area contributed by atoms with Crippen LogP contribution in [0.25, 0.3) is 0 Å². The summed E-state index contributed by atoms with van der Waals surface area (Å²) < 4.78 is 0. The van der Waals surface area contributed by atoms with Gasteiger partial charge in [-0.2, -0.15) is 0 Å². The van der Waals surface area contributed by atoms with Crippen LogP contribution in [-0.2, 0) is 4.79 Å². The van der Waals surface area contributed by atoms with Crippen LogP contribution in [-0.4, -0.2) is 24.6 Å². The topological polar surface area (TPSA) is 61.4 Å². The first-order valence-electron chi connectivity index (χ1n) is 4.37. The highest BCUT2D eigenvalue weighted by Crippen LogP contribution is 2.19. The van der Waals surface area contributed by atoms with Gasteiger partial charge in [0.2, 0.25) is 5.91 Å². The second kappa shape index (κ2) is 4.62. The quantitative estimate of drug-likeness (QED) is 0.625. The van der Waals surface area contributed by atoms with Crippen LogP contribution >= 0.6 is 0 Å². The lowest BCUT2D eigenvalue weighted by molar-refractivity contribution is -0.115. The minimum atomic E-state index is -0.0960. The van der Waals surface area contributed by atoms with Gasteiger partial charge in [-0.25, -0.2) is 0 Å². The zero-order valence-electron chi connectivity index (χ0n) is 8.29. The maximum Gasteiger partial charge on any atom is 0.238 e. The van der Waals surface area contributed by atoms with Crippen LogP contribution in [0.4, 0.5) is 5.69 Å². The largest absolute Gasteiger partial charge is 0.508 e. The molecule has 1 amide bonds. The fraction of sp³-hybridized carbons (Fsp3) is 0.300. The molecule has 3 N–H and O–H groups in total. The van der Waals surface area contributed by atoms with Gasteiger partial charge in [-0.15, -0.1) is 0 Å². The second-order valence-electron chi connectivity index (χ2n) is 3.08. The zero-order chi connectivity index (χ0) is 10.6. The molecule has 0 saturated heterocycles. The first-order chi connectivity index (χ1) is 6.63. The number of hydrogen-bond acceptors (Lipinski definition) is 3. The van der Waals surface area contributed by atoms with E-state index in [4.69, 9.17) is 5.11 Å². The molecule has 4 nitrogen and oxygen atoms in total. The molecular weight excluding hydrogens is 180 g/mol. The monoisotopic (exact) mass is 194 g/mol. The van der Waals surface area contributed by atoms with Gasteiger partial charge in [-0.05, 0) is 37.7 Å². The molecule has 0 atom stereocenters. The van der Waals surface area contributed by atoms with Gasteiger partial charge in [-0.3, -0.25) is 4.79 Å². The first-order valence-corrected chi connectivity index (χ1v) is 4.37. The molecule has 0 aliphatic heterocycles. The van der Waals surface area contributed by atoms with Gasteiger partial charge in [0.1, 0.15) is 5.75 Å². The van der Waals surface area contributed by atoms with E-state index in [1.165, 1.54) is 0 Å². The Morgan fingerprint density at radius 3 is 2.79 bits per heavy atom. The van der Waals surface area contributed by atoms with E-state index in [0.29, 0.717) is 0 Å². The number of phenolic OH excluding ortho intramolecular Hbond substituents is 1. The minimum Gasteiger partial charge on any atom is -0.508 e. The molecule has 76 valence electrons. The maximum absolute atomic E-state index is 11.2. The van der Waals surface area contributed by atoms with Crippen molar-refractivity contribution in [2.24, 2.45) is 0 Å². The van der Waals surface area contributed by atoms with E-state index in [1.54, 1.807) is 25.2 Å². The van der Waals surface area contributed by atoms with Gasteiger partial charge in [0, 0.05) is 5.69 Å². The summed E-state index contributed by atoms with van der Waals surface area (Å²) in [5, 5.41) is 14.6. The number of benzene rings is 1. The number of aromatic hydroxyl groups is 1. The average molecular weight is 194 g/mol. The Labute approximate surface area is 82.9 Å². The molecule has 0 fully saturated rings. The van der Waals surface area contributed by atoms with Crippen molar-refractivity contribution >= 4 is 11.6 Å². The summed E-state index contributed by atoms with van der Waals surface area (Å²) in [6.07, 6.45) is 0. The van der Waals surface area contributed by atoms with E-state index < -0.39 is 0 Å². The Hall–Kier alpha value is -1.55. The molecule has 4 heteroatoms. The third-order valence-corrected chi connectivity index (χ3v) is 1.82. The van der Waals surface area contributed by atoms with E-state index >= 15 is 0 Å². The summed E-state index contributed by atoms with van der Waals surface area (Å²) in [5.41, 5.74) is 1.57. The number of rotatable bonds is 3. The van der Waals surface area contributed by atoms with Gasteiger partial charge >= 0.3 is 0 Å². The summed E-state index contributed by atoms with van der Waals surface area (Å²) >= 11 is 0. The Morgan fingerprint density at radius 1 is 1.50 bits per heavy atom. The number of carbonyl (C=O) groups is 1. The molecule has 0 aliphatic rings. The molecule has 1 aromatic rings. The van der Waals surface area contributed by atoms with E-state index in [0.717, 1.165) is 11.3 Å². The Bertz CT molecular complexity index is 337. The molecule has 0 spiro atoms. The number of anilines is 1. The van der Waals surface area contributed by atoms with Gasteiger partial charge in [0.05, 0.1) is 6.54 Å². The molecule has 0 radical (unpaired) electrons. The minimum absolute atomic E-state index is 0.0960. The summed E-state index contributed by atoms with van der Waals surface area (Å²) in [6, 6.07) is 4.83. The predicted octanol–water partition coefficient (Wildman–Crippen LogP) is 0.859. The van der Waals surface area contributed by atoms with Crippen molar-refractivity contribution in [3.05, 3.63) is 23.8 Å². The smallest absolute Gasteiger partial charge is 0.238 e. The van der Waals surface area contributed by atoms with Crippen LogP contribution in [0.15, 0.2) is 18.2 Å². The molecular formula is C10H14N2O2. The summed E-state index contributed by atoms with van der Waals surface area (Å²) in [7, 11) is 1.71. The molecule has 0 saturated carbocycles. The Morgan fingerprint density at radius 2 is 2.21 bits per heavy atom. The van der Waals surface area contributed by atoms with Gasteiger partial charge < -0.3 is 15.7 Å². The number of carbonyl (C=O) groups excluding carboxylic acids is 1. The first kappa shape index (κ1) is 10.5. The number of nitrogens with one attached hydrogen (secondary N) is 2. The van der Waals surface area contributed by atoms with Crippen molar-refractivity contribution < 1.29 is 9.90 Å². The lowest BCUT2D eigenvalue weighted by Crippen LogP contribution is -2.25. The maximum atomic E-state index is 11.2. The zero-order valence-corrected chi connectivity index (χ0v) is 8.29. The van der Waals surface area contributed by atoms with Crippen molar-refractivity contribution in [2.45, 2.75) is 6.92 Å². The van der Waals surface area contributed by atoms with Crippen LogP contribution in [0.1, 0.15) is 5.56 Å². The fourth-order valence-corrected chi connectivity index (χ4v) is 1.14. The number of likely N-dealkylation sites (N-methyl/N-ethyl adjacent to an activating group) is 1. The molecule has 1 rings (SSSR count). The van der Waals surface area contributed by atoms with Crippen molar-refractivity contribution in [1.82, 2.24) is 5.32 Å². The third kappa shape index (κ3) is 2.74. The summed E-state index contributed by atoms with van der Waals surface area (Å²) in [5.74, 6) is 0.107. The van der Waals surface area contributed by atoms with Gasteiger partial charge in [-0.1, -0.05) is 0 Å². The summed E-state index contributed by atoms with van der Waals surface area (Å²) in [6.45, 7) is 2.11. The van der Waals surface area contributed by atoms with Crippen molar-refractivity contribution in [3.8, 4) is 5.75 Å². The average Bonchev–Trinajstić information content (AvgIpc) is 2.10. The van der Waals surface area contributed by atoms with Crippen molar-refractivity contribution in [1.29, 1.82) is 0 Å². The van der Waals surface area contributed by atoms with Crippen LogP contribution < -0.4 is 10.6 Å². The predicted molar refractivity (Wildman–Crippen MR) is 55.4 cm³/mol. The molecule has 14 heavy (non-hydrogen) atoms. The van der Waals surface area contributed by atoms with Crippen molar-refractivity contribution in [3.63, 3.8) is 0 Å². The Balaban J connectivity index is 2.72. The Kier molecular flexibility index (Phi) is 3.48. The highest BCUT2D eigenvalue weighted by molar-refractivity contribution is 5.93. The molecule has 1 aromatic carbocycles. The molecule has 0 bridgehead atoms. The van der Waals surface area contributed by atoms with Gasteiger partial charge in [0.15, 0.2) is 0 Å². The van der Waals surface area contributed by atoms with Crippen LogP contribution in [0.5, 0.6) is 5.75 Å². The van der Waals surface area contributed by atoms with E-state index in [-0.39, 0.29) is 18.2 Å². The molecule has 0 aliphatic carbocycles. The SMILES string of the molecule is CNCC(=O)Nc1ccc(O)cc1C. The standard InChI is InChI=1S/C10H14N2O2/c1-7-5-8(13)3-4-9(7)12-10(14)6-11-2/h3-5,11,13H,6H2,1-2H3,(H,12,14). The van der Waals surface area contributed by atoms with Crippen molar-refractivity contribution in [2.75, 3.05) is 18.9 Å². The number of hydrogen-bond donors (Lipinski definition) is 3. The molecule has 0 heterocycles. The van der Waals surface area contributed by atoms with E-state index in [2.05, 4.69) is 10.6 Å². The number of phenols is 1. The number of amides is 1. The molecule has 0 aromatic heterocycles. The summed E-state index contributed by atoms with van der Waals surface area (Å²) in [4.78, 5) is 11.2. The third-order valence-electron chi connectivity index (χ3n) is 1.82.